The number of aromatic nitrogens is 1. The zero-order valence-electron chi connectivity index (χ0n) is 12.0. The van der Waals surface area contributed by atoms with E-state index >= 15 is 0 Å². The third kappa shape index (κ3) is 2.34. The minimum atomic E-state index is 0.746. The molecule has 0 atom stereocenters. The fraction of sp³-hybridized carbons (Fsp3) is 0.278. The Morgan fingerprint density at radius 1 is 1.00 bits per heavy atom. The number of benzene rings is 2. The van der Waals surface area contributed by atoms with Crippen molar-refractivity contribution in [1.29, 1.82) is 0 Å². The van der Waals surface area contributed by atoms with Crippen molar-refractivity contribution in [1.82, 2.24) is 4.98 Å². The molecule has 0 saturated heterocycles. The Kier molecular flexibility index (Phi) is 3.55. The zero-order chi connectivity index (χ0) is 13.9. The fourth-order valence-corrected chi connectivity index (χ4v) is 2.54. The Labute approximate surface area is 119 Å². The molecule has 3 aromatic rings. The molecule has 1 heterocycles. The number of fused-ring (bicyclic) bond motifs is 1. The molecule has 0 aliphatic rings. The van der Waals surface area contributed by atoms with Gasteiger partial charge in [-0.1, -0.05) is 50.6 Å². The molecule has 0 bridgehead atoms. The lowest BCUT2D eigenvalue weighted by Crippen LogP contribution is -1.88. The van der Waals surface area contributed by atoms with Gasteiger partial charge in [0.25, 0.3) is 0 Å². The zero-order valence-corrected chi connectivity index (χ0v) is 12.0. The van der Waals surface area contributed by atoms with Gasteiger partial charge in [-0.15, -0.1) is 0 Å². The van der Waals surface area contributed by atoms with Gasteiger partial charge in [0.2, 0.25) is 5.89 Å². The number of aryl methyl sites for hydroxylation is 2. The van der Waals surface area contributed by atoms with Crippen molar-refractivity contribution in [2.45, 2.75) is 33.1 Å². The topological polar surface area (TPSA) is 26.0 Å². The van der Waals surface area contributed by atoms with Crippen molar-refractivity contribution < 1.29 is 4.42 Å². The first-order chi connectivity index (χ1) is 9.81. The second-order valence-electron chi connectivity index (χ2n) is 5.05. The third-order valence-corrected chi connectivity index (χ3v) is 3.58. The van der Waals surface area contributed by atoms with Crippen LogP contribution in [-0.2, 0) is 12.8 Å². The first-order valence-corrected chi connectivity index (χ1v) is 7.29. The van der Waals surface area contributed by atoms with E-state index in [9.17, 15) is 0 Å². The highest BCUT2D eigenvalue weighted by atomic mass is 16.4. The van der Waals surface area contributed by atoms with E-state index in [-0.39, 0.29) is 0 Å². The largest absolute Gasteiger partial charge is 0.441 e. The Bertz CT molecular complexity index is 727. The normalized spacial score (nSPS) is 11.1. The first kappa shape index (κ1) is 12.9. The van der Waals surface area contributed by atoms with E-state index in [0.717, 1.165) is 42.2 Å². The summed E-state index contributed by atoms with van der Waals surface area (Å²) in [6.07, 6.45) is 2.98. The third-order valence-electron chi connectivity index (χ3n) is 3.58. The van der Waals surface area contributed by atoms with Gasteiger partial charge in [0.1, 0.15) is 5.76 Å². The van der Waals surface area contributed by atoms with Gasteiger partial charge in [-0.25, -0.2) is 4.98 Å². The lowest BCUT2D eigenvalue weighted by molar-refractivity contribution is 0.520. The van der Waals surface area contributed by atoms with Crippen molar-refractivity contribution >= 4 is 10.8 Å². The summed E-state index contributed by atoms with van der Waals surface area (Å²) in [4.78, 5) is 4.68. The molecule has 0 amide bonds. The molecular weight excluding hydrogens is 246 g/mol. The summed E-state index contributed by atoms with van der Waals surface area (Å²) < 4.78 is 5.94. The standard InChI is InChI=1S/C18H19NO/c1-3-7-16-17(4-2)20-18(19-16)15-11-10-13-8-5-6-9-14(13)12-15/h5-6,8-12H,3-4,7H2,1-2H3. The van der Waals surface area contributed by atoms with Gasteiger partial charge >= 0.3 is 0 Å². The SMILES string of the molecule is CCCc1nc(-c2ccc3ccccc3c2)oc1CC. The van der Waals surface area contributed by atoms with Crippen LogP contribution in [0.15, 0.2) is 46.9 Å². The van der Waals surface area contributed by atoms with Crippen molar-refractivity contribution in [3.63, 3.8) is 0 Å². The molecule has 0 unspecified atom stereocenters. The lowest BCUT2D eigenvalue weighted by atomic mass is 10.1. The van der Waals surface area contributed by atoms with Gasteiger partial charge in [0.15, 0.2) is 0 Å². The summed E-state index contributed by atoms with van der Waals surface area (Å²) in [7, 11) is 0. The molecule has 2 nitrogen and oxygen atoms in total. The molecule has 2 aromatic carbocycles. The van der Waals surface area contributed by atoms with Crippen LogP contribution < -0.4 is 0 Å². The molecule has 0 fully saturated rings. The van der Waals surface area contributed by atoms with Crippen molar-refractivity contribution in [2.75, 3.05) is 0 Å². The van der Waals surface area contributed by atoms with Gasteiger partial charge in [-0.05, 0) is 29.3 Å². The molecule has 0 saturated carbocycles. The van der Waals surface area contributed by atoms with E-state index in [4.69, 9.17) is 4.42 Å². The summed E-state index contributed by atoms with van der Waals surface area (Å²) in [5, 5.41) is 2.46. The minimum absolute atomic E-state index is 0.746. The van der Waals surface area contributed by atoms with Crippen LogP contribution >= 0.6 is 0 Å². The van der Waals surface area contributed by atoms with Crippen LogP contribution in [0.5, 0.6) is 0 Å². The van der Waals surface area contributed by atoms with E-state index in [1.54, 1.807) is 0 Å². The molecule has 3 rings (SSSR count). The second-order valence-corrected chi connectivity index (χ2v) is 5.05. The molecule has 0 aliphatic carbocycles. The predicted molar refractivity (Wildman–Crippen MR) is 82.8 cm³/mol. The van der Waals surface area contributed by atoms with Crippen molar-refractivity contribution in [3.05, 3.63) is 53.9 Å². The van der Waals surface area contributed by atoms with Gasteiger partial charge in [-0.3, -0.25) is 0 Å². The lowest BCUT2D eigenvalue weighted by Gasteiger charge is -1.99. The van der Waals surface area contributed by atoms with Crippen molar-refractivity contribution in [3.8, 4) is 11.5 Å². The van der Waals surface area contributed by atoms with Gasteiger partial charge in [0.05, 0.1) is 5.69 Å². The first-order valence-electron chi connectivity index (χ1n) is 7.29. The van der Waals surface area contributed by atoms with Crippen molar-refractivity contribution in [2.24, 2.45) is 0 Å². The maximum atomic E-state index is 5.94. The summed E-state index contributed by atoms with van der Waals surface area (Å²) in [5.74, 6) is 1.77. The number of oxazole rings is 1. The molecule has 2 heteroatoms. The molecule has 0 N–H and O–H groups in total. The summed E-state index contributed by atoms with van der Waals surface area (Å²) >= 11 is 0. The highest BCUT2D eigenvalue weighted by Gasteiger charge is 2.12. The molecule has 0 aliphatic heterocycles. The van der Waals surface area contributed by atoms with Crippen LogP contribution in [-0.4, -0.2) is 4.98 Å². The number of rotatable bonds is 4. The van der Waals surface area contributed by atoms with Crippen LogP contribution in [0.25, 0.3) is 22.2 Å². The molecule has 20 heavy (non-hydrogen) atoms. The monoisotopic (exact) mass is 265 g/mol. The van der Waals surface area contributed by atoms with E-state index in [1.807, 2.05) is 0 Å². The molecule has 1 aromatic heterocycles. The maximum Gasteiger partial charge on any atom is 0.226 e. The predicted octanol–water partition coefficient (Wildman–Crippen LogP) is 5.01. The van der Waals surface area contributed by atoms with Gasteiger partial charge < -0.3 is 4.42 Å². The Balaban J connectivity index is 2.05. The number of hydrogen-bond acceptors (Lipinski definition) is 2. The molecular formula is C18H19NO. The summed E-state index contributed by atoms with van der Waals surface area (Å²) in [5.41, 5.74) is 2.17. The van der Waals surface area contributed by atoms with Crippen LogP contribution in [0.2, 0.25) is 0 Å². The van der Waals surface area contributed by atoms with E-state index in [0.29, 0.717) is 0 Å². The smallest absolute Gasteiger partial charge is 0.226 e. The highest BCUT2D eigenvalue weighted by molar-refractivity contribution is 5.86. The van der Waals surface area contributed by atoms with Crippen LogP contribution in [0.3, 0.4) is 0 Å². The second kappa shape index (κ2) is 5.49. The summed E-state index contributed by atoms with van der Waals surface area (Å²) in [6, 6.07) is 14.7. The Hall–Kier alpha value is -2.09. The number of nitrogens with zero attached hydrogens (tertiary/aromatic N) is 1. The molecule has 102 valence electrons. The van der Waals surface area contributed by atoms with Gasteiger partial charge in [-0.2, -0.15) is 0 Å². The molecule has 0 spiro atoms. The molecule has 0 radical (unpaired) electrons. The van der Waals surface area contributed by atoms with E-state index < -0.39 is 0 Å². The van der Waals surface area contributed by atoms with Gasteiger partial charge in [0, 0.05) is 12.0 Å². The minimum Gasteiger partial charge on any atom is -0.441 e. The quantitative estimate of drug-likeness (QED) is 0.662. The number of hydrogen-bond donors (Lipinski definition) is 0. The van der Waals surface area contributed by atoms with Crippen LogP contribution in [0, 0.1) is 0 Å². The Morgan fingerprint density at radius 3 is 2.55 bits per heavy atom. The van der Waals surface area contributed by atoms with E-state index in [1.165, 1.54) is 10.8 Å². The van der Waals surface area contributed by atoms with Crippen LogP contribution in [0.1, 0.15) is 31.7 Å². The highest BCUT2D eigenvalue weighted by Crippen LogP contribution is 2.26. The average Bonchev–Trinajstić information content (AvgIpc) is 2.90. The maximum absolute atomic E-state index is 5.94. The van der Waals surface area contributed by atoms with Crippen LogP contribution in [0.4, 0.5) is 0 Å². The van der Waals surface area contributed by atoms with E-state index in [2.05, 4.69) is 61.3 Å². The fourth-order valence-electron chi connectivity index (χ4n) is 2.54. The summed E-state index contributed by atoms with van der Waals surface area (Å²) in [6.45, 7) is 4.29. The average molecular weight is 265 g/mol. The Morgan fingerprint density at radius 2 is 1.80 bits per heavy atom.